The summed E-state index contributed by atoms with van der Waals surface area (Å²) in [6, 6.07) is 3.88. The standard InChI is InChI=1S/C16H23F2N/c1-2-19-11-14(13-5-3-4-6-13)7-12-8-15(17)10-16(18)9-12/h8-10,13-14,19H,2-7,11H2,1H3. The fraction of sp³-hybridized carbons (Fsp3) is 0.625. The molecule has 0 amide bonds. The molecule has 19 heavy (non-hydrogen) atoms. The molecule has 1 saturated carbocycles. The summed E-state index contributed by atoms with van der Waals surface area (Å²) in [4.78, 5) is 0. The minimum absolute atomic E-state index is 0.469. The lowest BCUT2D eigenvalue weighted by molar-refractivity contribution is 0.322. The average molecular weight is 267 g/mol. The van der Waals surface area contributed by atoms with Gasteiger partial charge < -0.3 is 5.32 Å². The quantitative estimate of drug-likeness (QED) is 0.823. The molecule has 0 bridgehead atoms. The highest BCUT2D eigenvalue weighted by atomic mass is 19.1. The number of nitrogens with one attached hydrogen (secondary N) is 1. The molecule has 1 aliphatic carbocycles. The van der Waals surface area contributed by atoms with Gasteiger partial charge >= 0.3 is 0 Å². The maximum absolute atomic E-state index is 13.3. The first kappa shape index (κ1) is 14.4. The van der Waals surface area contributed by atoms with Crippen LogP contribution in [0.2, 0.25) is 0 Å². The molecule has 1 unspecified atom stereocenters. The lowest BCUT2D eigenvalue weighted by Crippen LogP contribution is -2.28. The summed E-state index contributed by atoms with van der Waals surface area (Å²) < 4.78 is 26.5. The van der Waals surface area contributed by atoms with E-state index >= 15 is 0 Å². The minimum atomic E-state index is -0.469. The highest BCUT2D eigenvalue weighted by Crippen LogP contribution is 2.33. The molecular formula is C16H23F2N. The van der Waals surface area contributed by atoms with Crippen LogP contribution in [0.25, 0.3) is 0 Å². The fourth-order valence-corrected chi connectivity index (χ4v) is 3.20. The van der Waals surface area contributed by atoms with Crippen LogP contribution in [0.15, 0.2) is 18.2 Å². The predicted molar refractivity (Wildman–Crippen MR) is 74.1 cm³/mol. The molecule has 1 nitrogen and oxygen atoms in total. The fourth-order valence-electron chi connectivity index (χ4n) is 3.20. The van der Waals surface area contributed by atoms with Crippen LogP contribution < -0.4 is 5.32 Å². The number of benzene rings is 1. The van der Waals surface area contributed by atoms with E-state index in [9.17, 15) is 8.78 Å². The van der Waals surface area contributed by atoms with Gasteiger partial charge in [0.05, 0.1) is 0 Å². The molecule has 106 valence electrons. The average Bonchev–Trinajstić information content (AvgIpc) is 2.87. The van der Waals surface area contributed by atoms with Crippen molar-refractivity contribution in [3.05, 3.63) is 35.4 Å². The van der Waals surface area contributed by atoms with Crippen molar-refractivity contribution in [3.63, 3.8) is 0 Å². The van der Waals surface area contributed by atoms with Gasteiger partial charge in [-0.2, -0.15) is 0 Å². The molecule has 1 aromatic carbocycles. The third-order valence-electron chi connectivity index (χ3n) is 4.14. The van der Waals surface area contributed by atoms with Gasteiger partial charge in [-0.05, 0) is 49.0 Å². The Bertz CT molecular complexity index is 379. The SMILES string of the molecule is CCNCC(Cc1cc(F)cc(F)c1)C1CCCC1. The van der Waals surface area contributed by atoms with Gasteiger partial charge in [-0.3, -0.25) is 0 Å². The summed E-state index contributed by atoms with van der Waals surface area (Å²) in [5, 5.41) is 3.39. The van der Waals surface area contributed by atoms with Crippen molar-refractivity contribution >= 4 is 0 Å². The Balaban J connectivity index is 2.05. The van der Waals surface area contributed by atoms with Crippen molar-refractivity contribution in [1.29, 1.82) is 0 Å². The second kappa shape index (κ2) is 6.99. The van der Waals surface area contributed by atoms with Crippen molar-refractivity contribution in [3.8, 4) is 0 Å². The van der Waals surface area contributed by atoms with E-state index in [4.69, 9.17) is 0 Å². The Hall–Kier alpha value is -0.960. The third kappa shape index (κ3) is 4.27. The third-order valence-corrected chi connectivity index (χ3v) is 4.14. The van der Waals surface area contributed by atoms with Crippen molar-refractivity contribution < 1.29 is 8.78 Å². The first-order chi connectivity index (χ1) is 9.19. The van der Waals surface area contributed by atoms with E-state index in [1.165, 1.54) is 37.8 Å². The molecule has 1 fully saturated rings. The molecular weight excluding hydrogens is 244 g/mol. The van der Waals surface area contributed by atoms with Gasteiger partial charge in [-0.1, -0.05) is 32.6 Å². The molecule has 0 aromatic heterocycles. The van der Waals surface area contributed by atoms with Gasteiger partial charge in [-0.15, -0.1) is 0 Å². The van der Waals surface area contributed by atoms with Gasteiger partial charge in [0.15, 0.2) is 0 Å². The van der Waals surface area contributed by atoms with Crippen molar-refractivity contribution in [2.75, 3.05) is 13.1 Å². The van der Waals surface area contributed by atoms with Crippen LogP contribution in [0.3, 0.4) is 0 Å². The van der Waals surface area contributed by atoms with E-state index in [-0.39, 0.29) is 0 Å². The normalized spacial score (nSPS) is 17.8. The zero-order chi connectivity index (χ0) is 13.7. The van der Waals surface area contributed by atoms with Crippen LogP contribution in [0, 0.1) is 23.5 Å². The van der Waals surface area contributed by atoms with Gasteiger partial charge in [-0.25, -0.2) is 8.78 Å². The summed E-state index contributed by atoms with van der Waals surface area (Å²) in [7, 11) is 0. The first-order valence-corrected chi connectivity index (χ1v) is 7.34. The number of hydrogen-bond donors (Lipinski definition) is 1. The summed E-state index contributed by atoms with van der Waals surface area (Å²) >= 11 is 0. The Morgan fingerprint density at radius 2 is 1.79 bits per heavy atom. The maximum atomic E-state index is 13.3. The molecule has 0 spiro atoms. The van der Waals surface area contributed by atoms with E-state index in [1.54, 1.807) is 0 Å². The van der Waals surface area contributed by atoms with Gasteiger partial charge in [0.2, 0.25) is 0 Å². The predicted octanol–water partition coefficient (Wildman–Crippen LogP) is 3.92. The van der Waals surface area contributed by atoms with Crippen molar-refractivity contribution in [1.82, 2.24) is 5.32 Å². The molecule has 1 atom stereocenters. The molecule has 0 heterocycles. The van der Waals surface area contributed by atoms with Crippen LogP contribution in [0.4, 0.5) is 8.78 Å². The molecule has 0 saturated heterocycles. The van der Waals surface area contributed by atoms with E-state index in [2.05, 4.69) is 12.2 Å². The molecule has 2 rings (SSSR count). The zero-order valence-electron chi connectivity index (χ0n) is 11.6. The van der Waals surface area contributed by atoms with Gasteiger partial charge in [0.25, 0.3) is 0 Å². The number of rotatable bonds is 6. The largest absolute Gasteiger partial charge is 0.317 e. The molecule has 1 N–H and O–H groups in total. The van der Waals surface area contributed by atoms with Crippen LogP contribution in [-0.4, -0.2) is 13.1 Å². The Kier molecular flexibility index (Phi) is 5.32. The highest BCUT2D eigenvalue weighted by Gasteiger charge is 2.25. The number of halogens is 2. The van der Waals surface area contributed by atoms with E-state index in [0.717, 1.165) is 31.1 Å². The van der Waals surface area contributed by atoms with Crippen LogP contribution >= 0.6 is 0 Å². The molecule has 0 radical (unpaired) electrons. The summed E-state index contributed by atoms with van der Waals surface area (Å²) in [5.41, 5.74) is 0.785. The monoisotopic (exact) mass is 267 g/mol. The van der Waals surface area contributed by atoms with E-state index in [1.807, 2.05) is 0 Å². The first-order valence-electron chi connectivity index (χ1n) is 7.34. The molecule has 3 heteroatoms. The lowest BCUT2D eigenvalue weighted by Gasteiger charge is -2.24. The van der Waals surface area contributed by atoms with Crippen molar-refractivity contribution in [2.24, 2.45) is 11.8 Å². The molecule has 0 aliphatic heterocycles. The summed E-state index contributed by atoms with van der Waals surface area (Å²) in [6.07, 6.45) is 5.88. The van der Waals surface area contributed by atoms with Crippen molar-refractivity contribution in [2.45, 2.75) is 39.0 Å². The smallest absolute Gasteiger partial charge is 0.126 e. The second-order valence-corrected chi connectivity index (χ2v) is 5.59. The Morgan fingerprint density at radius 1 is 1.16 bits per heavy atom. The minimum Gasteiger partial charge on any atom is -0.317 e. The van der Waals surface area contributed by atoms with E-state index < -0.39 is 11.6 Å². The topological polar surface area (TPSA) is 12.0 Å². The van der Waals surface area contributed by atoms with Gasteiger partial charge in [0.1, 0.15) is 11.6 Å². The zero-order valence-corrected chi connectivity index (χ0v) is 11.6. The lowest BCUT2D eigenvalue weighted by atomic mass is 9.85. The maximum Gasteiger partial charge on any atom is 0.126 e. The van der Waals surface area contributed by atoms with Gasteiger partial charge in [0, 0.05) is 6.07 Å². The molecule has 1 aromatic rings. The Labute approximate surface area is 114 Å². The molecule has 1 aliphatic rings. The second-order valence-electron chi connectivity index (χ2n) is 5.59. The van der Waals surface area contributed by atoms with Crippen LogP contribution in [0.1, 0.15) is 38.2 Å². The Morgan fingerprint density at radius 3 is 2.37 bits per heavy atom. The summed E-state index contributed by atoms with van der Waals surface area (Å²) in [6.45, 7) is 3.98. The highest BCUT2D eigenvalue weighted by molar-refractivity contribution is 5.18. The number of hydrogen-bond acceptors (Lipinski definition) is 1. The van der Waals surface area contributed by atoms with E-state index in [0.29, 0.717) is 11.8 Å². The summed E-state index contributed by atoms with van der Waals surface area (Å²) in [5.74, 6) is 0.251. The van der Waals surface area contributed by atoms with Crippen LogP contribution in [0.5, 0.6) is 0 Å². The van der Waals surface area contributed by atoms with Crippen LogP contribution in [-0.2, 0) is 6.42 Å².